The van der Waals surface area contributed by atoms with Crippen molar-refractivity contribution in [2.45, 2.75) is 51.2 Å². The molecule has 0 bridgehead atoms. The van der Waals surface area contributed by atoms with Gasteiger partial charge in [0.2, 0.25) is 0 Å². The quantitative estimate of drug-likeness (QED) is 0.539. The normalized spacial score (nSPS) is 24.2. The molecule has 1 aliphatic rings. The molecule has 1 N–H and O–H groups in total. The predicted molar refractivity (Wildman–Crippen MR) is 55.6 cm³/mol. The molecular formula is C11H18O5. The zero-order valence-electron chi connectivity index (χ0n) is 9.48. The fourth-order valence-corrected chi connectivity index (χ4v) is 1.61. The second kappa shape index (κ2) is 6.48. The van der Waals surface area contributed by atoms with Crippen molar-refractivity contribution in [1.82, 2.24) is 0 Å². The number of hydrogen-bond acceptors (Lipinski definition) is 5. The molecule has 0 aliphatic carbocycles. The van der Waals surface area contributed by atoms with Crippen molar-refractivity contribution in [2.75, 3.05) is 6.61 Å². The van der Waals surface area contributed by atoms with Gasteiger partial charge in [-0.15, -0.1) is 0 Å². The number of ether oxygens (including phenoxy) is 2. The highest BCUT2D eigenvalue weighted by molar-refractivity contribution is 5.74. The van der Waals surface area contributed by atoms with Crippen LogP contribution in [0.25, 0.3) is 0 Å². The number of aliphatic hydroxyl groups excluding tert-OH is 1. The summed E-state index contributed by atoms with van der Waals surface area (Å²) in [5, 5.41) is 8.91. The lowest BCUT2D eigenvalue weighted by Gasteiger charge is -2.15. The lowest BCUT2D eigenvalue weighted by Crippen LogP contribution is -2.30. The van der Waals surface area contributed by atoms with Crippen LogP contribution in [0.3, 0.4) is 0 Å². The second-order valence-corrected chi connectivity index (χ2v) is 3.90. The SMILES string of the molecule is CCCCCC(=O)O[C@@H]1CC(=O)O[C@H]1CO. The average molecular weight is 230 g/mol. The summed E-state index contributed by atoms with van der Waals surface area (Å²) in [6.45, 7) is 1.75. The van der Waals surface area contributed by atoms with Gasteiger partial charge in [-0.25, -0.2) is 0 Å². The van der Waals surface area contributed by atoms with Crippen molar-refractivity contribution in [2.24, 2.45) is 0 Å². The Morgan fingerprint density at radius 3 is 2.94 bits per heavy atom. The number of aliphatic hydroxyl groups is 1. The smallest absolute Gasteiger partial charge is 0.310 e. The Hall–Kier alpha value is -1.10. The maximum atomic E-state index is 11.4. The third-order valence-electron chi connectivity index (χ3n) is 2.51. The molecule has 1 saturated heterocycles. The fourth-order valence-electron chi connectivity index (χ4n) is 1.61. The lowest BCUT2D eigenvalue weighted by molar-refractivity contribution is -0.154. The summed E-state index contributed by atoms with van der Waals surface area (Å²) < 4.78 is 9.87. The standard InChI is InChI=1S/C11H18O5/c1-2-3-4-5-10(13)15-8-6-11(14)16-9(8)7-12/h8-9,12H,2-7H2,1H3/t8-,9+/m1/s1. The van der Waals surface area contributed by atoms with Gasteiger partial charge in [0.25, 0.3) is 0 Å². The number of cyclic esters (lactones) is 1. The van der Waals surface area contributed by atoms with E-state index in [9.17, 15) is 9.59 Å². The van der Waals surface area contributed by atoms with Gasteiger partial charge in [0.15, 0.2) is 12.2 Å². The molecule has 0 unspecified atom stereocenters. The van der Waals surface area contributed by atoms with E-state index in [-0.39, 0.29) is 19.0 Å². The Morgan fingerprint density at radius 1 is 1.56 bits per heavy atom. The van der Waals surface area contributed by atoms with Gasteiger partial charge in [0.05, 0.1) is 13.0 Å². The third-order valence-corrected chi connectivity index (χ3v) is 2.51. The molecule has 0 aromatic carbocycles. The van der Waals surface area contributed by atoms with Crippen LogP contribution < -0.4 is 0 Å². The van der Waals surface area contributed by atoms with Gasteiger partial charge in [-0.2, -0.15) is 0 Å². The summed E-state index contributed by atoms with van der Waals surface area (Å²) >= 11 is 0. The van der Waals surface area contributed by atoms with Gasteiger partial charge in [-0.05, 0) is 6.42 Å². The second-order valence-electron chi connectivity index (χ2n) is 3.90. The molecular weight excluding hydrogens is 212 g/mol. The van der Waals surface area contributed by atoms with Crippen LogP contribution in [0.15, 0.2) is 0 Å². The van der Waals surface area contributed by atoms with Gasteiger partial charge in [-0.3, -0.25) is 9.59 Å². The van der Waals surface area contributed by atoms with E-state index in [2.05, 4.69) is 6.92 Å². The van der Waals surface area contributed by atoms with E-state index in [1.165, 1.54) is 0 Å². The van der Waals surface area contributed by atoms with Crippen molar-refractivity contribution in [3.8, 4) is 0 Å². The minimum atomic E-state index is -0.692. The lowest BCUT2D eigenvalue weighted by atomic mass is 10.2. The monoisotopic (exact) mass is 230 g/mol. The zero-order valence-corrected chi connectivity index (χ0v) is 9.48. The summed E-state index contributed by atoms with van der Waals surface area (Å²) in [6, 6.07) is 0. The van der Waals surface area contributed by atoms with Crippen molar-refractivity contribution in [3.63, 3.8) is 0 Å². The fraction of sp³-hybridized carbons (Fsp3) is 0.818. The molecule has 5 heteroatoms. The highest BCUT2D eigenvalue weighted by atomic mass is 16.6. The van der Waals surface area contributed by atoms with Crippen LogP contribution in [0, 0.1) is 0 Å². The van der Waals surface area contributed by atoms with Crippen molar-refractivity contribution in [3.05, 3.63) is 0 Å². The molecule has 0 amide bonds. The number of unbranched alkanes of at least 4 members (excludes halogenated alkanes) is 2. The molecule has 1 heterocycles. The molecule has 5 nitrogen and oxygen atoms in total. The molecule has 1 rings (SSSR count). The summed E-state index contributed by atoms with van der Waals surface area (Å²) in [6.07, 6.45) is 1.91. The molecule has 0 saturated carbocycles. The number of carbonyl (C=O) groups excluding carboxylic acids is 2. The molecule has 2 atom stereocenters. The van der Waals surface area contributed by atoms with Crippen LogP contribution in [0.4, 0.5) is 0 Å². The number of hydrogen-bond donors (Lipinski definition) is 1. The Morgan fingerprint density at radius 2 is 2.31 bits per heavy atom. The van der Waals surface area contributed by atoms with Crippen molar-refractivity contribution < 1.29 is 24.2 Å². The van der Waals surface area contributed by atoms with Crippen LogP contribution in [0.5, 0.6) is 0 Å². The summed E-state index contributed by atoms with van der Waals surface area (Å²) in [4.78, 5) is 22.3. The number of rotatable bonds is 6. The van der Waals surface area contributed by atoms with E-state index < -0.39 is 18.2 Å². The van der Waals surface area contributed by atoms with E-state index in [1.807, 2.05) is 0 Å². The number of carbonyl (C=O) groups is 2. The van der Waals surface area contributed by atoms with E-state index in [1.54, 1.807) is 0 Å². The molecule has 1 fully saturated rings. The van der Waals surface area contributed by atoms with Crippen LogP contribution in [-0.4, -0.2) is 35.9 Å². The van der Waals surface area contributed by atoms with Crippen molar-refractivity contribution >= 4 is 11.9 Å². The van der Waals surface area contributed by atoms with Crippen LogP contribution >= 0.6 is 0 Å². The summed E-state index contributed by atoms with van der Waals surface area (Å²) in [7, 11) is 0. The average Bonchev–Trinajstić information content (AvgIpc) is 2.59. The van der Waals surface area contributed by atoms with Crippen LogP contribution in [0.1, 0.15) is 39.0 Å². The third kappa shape index (κ3) is 3.81. The Balaban J connectivity index is 2.29. The highest BCUT2D eigenvalue weighted by Gasteiger charge is 2.37. The van der Waals surface area contributed by atoms with Gasteiger partial charge < -0.3 is 14.6 Å². The first-order valence-electron chi connectivity index (χ1n) is 5.67. The molecule has 92 valence electrons. The van der Waals surface area contributed by atoms with Gasteiger partial charge in [0.1, 0.15) is 0 Å². The Kier molecular flexibility index (Phi) is 5.25. The van der Waals surface area contributed by atoms with Gasteiger partial charge in [0, 0.05) is 6.42 Å². The first-order chi connectivity index (χ1) is 7.67. The molecule has 0 spiro atoms. The first kappa shape index (κ1) is 13.0. The molecule has 0 aromatic rings. The first-order valence-corrected chi connectivity index (χ1v) is 5.67. The van der Waals surface area contributed by atoms with E-state index in [4.69, 9.17) is 14.6 Å². The van der Waals surface area contributed by atoms with Crippen LogP contribution in [0.2, 0.25) is 0 Å². The largest absolute Gasteiger partial charge is 0.458 e. The maximum Gasteiger partial charge on any atom is 0.310 e. The summed E-state index contributed by atoms with van der Waals surface area (Å²) in [5.74, 6) is -0.749. The van der Waals surface area contributed by atoms with Crippen molar-refractivity contribution in [1.29, 1.82) is 0 Å². The summed E-state index contributed by atoms with van der Waals surface area (Å²) in [5.41, 5.74) is 0. The maximum absolute atomic E-state index is 11.4. The van der Waals surface area contributed by atoms with E-state index in [0.29, 0.717) is 6.42 Å². The molecule has 16 heavy (non-hydrogen) atoms. The molecule has 1 aliphatic heterocycles. The Bertz CT molecular complexity index is 251. The van der Waals surface area contributed by atoms with Gasteiger partial charge in [-0.1, -0.05) is 19.8 Å². The minimum Gasteiger partial charge on any atom is -0.458 e. The number of esters is 2. The highest BCUT2D eigenvalue weighted by Crippen LogP contribution is 2.19. The predicted octanol–water partition coefficient (Wildman–Crippen LogP) is 0.786. The van der Waals surface area contributed by atoms with E-state index in [0.717, 1.165) is 19.3 Å². The van der Waals surface area contributed by atoms with Crippen LogP contribution in [-0.2, 0) is 19.1 Å². The zero-order chi connectivity index (χ0) is 12.0. The molecule has 0 aromatic heterocycles. The van der Waals surface area contributed by atoms with E-state index >= 15 is 0 Å². The molecule has 0 radical (unpaired) electrons. The van der Waals surface area contributed by atoms with Gasteiger partial charge >= 0.3 is 11.9 Å². The topological polar surface area (TPSA) is 72.8 Å². The Labute approximate surface area is 94.7 Å². The minimum absolute atomic E-state index is 0.0464.